The molecule has 3 N–H and O–H groups in total. The Morgan fingerprint density at radius 2 is 2.67 bits per heavy atom. The van der Waals surface area contributed by atoms with Crippen LogP contribution in [0.3, 0.4) is 0 Å². The van der Waals surface area contributed by atoms with Gasteiger partial charge in [0.05, 0.1) is 5.88 Å². The van der Waals surface area contributed by atoms with Crippen molar-refractivity contribution >= 4 is 17.7 Å². The first-order chi connectivity index (χ1) is 5.61. The molecule has 12 heavy (non-hydrogen) atoms. The van der Waals surface area contributed by atoms with Crippen molar-refractivity contribution in [1.29, 1.82) is 0 Å². The van der Waals surface area contributed by atoms with Crippen molar-refractivity contribution in [2.45, 2.75) is 12.5 Å². The van der Waals surface area contributed by atoms with Gasteiger partial charge in [-0.05, 0) is 5.41 Å². The van der Waals surface area contributed by atoms with Crippen LogP contribution in [0.1, 0.15) is 6.42 Å². The third kappa shape index (κ3) is 2.15. The van der Waals surface area contributed by atoms with Crippen molar-refractivity contribution in [3.63, 3.8) is 0 Å². The Kier molecular flexibility index (Phi) is 2.99. The Labute approximate surface area is 75.4 Å². The third-order valence-electron chi connectivity index (χ3n) is 1.72. The number of nitrogens with two attached hydrogens (primary N) is 1. The topological polar surface area (TPSA) is 66.6 Å². The summed E-state index contributed by atoms with van der Waals surface area (Å²) in [5.41, 5.74) is 6.39. The monoisotopic (exact) mass is 188 g/mol. The minimum atomic E-state index is -0.943. The van der Waals surface area contributed by atoms with Gasteiger partial charge >= 0.3 is 5.97 Å². The molecule has 0 bridgehead atoms. The lowest BCUT2D eigenvalue weighted by molar-refractivity contribution is -0.138. The van der Waals surface area contributed by atoms with E-state index in [1.54, 1.807) is 11.8 Å². The SMILES string of the molecule is CN1CSC=C1C[C@H](N)C(=O)O. The summed E-state index contributed by atoms with van der Waals surface area (Å²) in [6.45, 7) is 0. The summed E-state index contributed by atoms with van der Waals surface area (Å²) in [4.78, 5) is 12.4. The van der Waals surface area contributed by atoms with Gasteiger partial charge in [-0.15, -0.1) is 11.8 Å². The highest BCUT2D eigenvalue weighted by molar-refractivity contribution is 8.02. The zero-order valence-corrected chi connectivity index (χ0v) is 7.67. The number of aliphatic carboxylic acids is 1. The van der Waals surface area contributed by atoms with Gasteiger partial charge in [-0.25, -0.2) is 0 Å². The Morgan fingerprint density at radius 3 is 3.08 bits per heavy atom. The summed E-state index contributed by atoms with van der Waals surface area (Å²) in [7, 11) is 1.93. The van der Waals surface area contributed by atoms with Gasteiger partial charge < -0.3 is 15.7 Å². The number of carbonyl (C=O) groups is 1. The first-order valence-corrected chi connectivity index (χ1v) is 4.66. The van der Waals surface area contributed by atoms with E-state index < -0.39 is 12.0 Å². The lowest BCUT2D eigenvalue weighted by atomic mass is 10.2. The zero-order valence-electron chi connectivity index (χ0n) is 6.86. The molecule has 0 aromatic heterocycles. The van der Waals surface area contributed by atoms with Gasteiger partial charge in [-0.2, -0.15) is 0 Å². The second-order valence-corrected chi connectivity index (χ2v) is 3.58. The van der Waals surface area contributed by atoms with Crippen LogP contribution in [0, 0.1) is 0 Å². The number of nitrogens with zero attached hydrogens (tertiary/aromatic N) is 1. The number of thioether (sulfide) groups is 1. The van der Waals surface area contributed by atoms with Crippen LogP contribution in [0.25, 0.3) is 0 Å². The third-order valence-corrected chi connectivity index (χ3v) is 2.70. The van der Waals surface area contributed by atoms with Gasteiger partial charge in [0.1, 0.15) is 6.04 Å². The maximum atomic E-state index is 10.4. The molecule has 0 saturated carbocycles. The van der Waals surface area contributed by atoms with Crippen molar-refractivity contribution < 1.29 is 9.90 Å². The molecule has 0 spiro atoms. The molecule has 0 amide bonds. The van der Waals surface area contributed by atoms with Crippen molar-refractivity contribution in [2.75, 3.05) is 12.9 Å². The summed E-state index contributed by atoms with van der Waals surface area (Å²) < 4.78 is 0. The minimum Gasteiger partial charge on any atom is -0.480 e. The number of hydrogen-bond acceptors (Lipinski definition) is 4. The second-order valence-electron chi connectivity index (χ2n) is 2.75. The first-order valence-electron chi connectivity index (χ1n) is 3.61. The van der Waals surface area contributed by atoms with Crippen LogP contribution in [0.5, 0.6) is 0 Å². The number of hydrogen-bond donors (Lipinski definition) is 2. The lowest BCUT2D eigenvalue weighted by Gasteiger charge is -2.16. The molecule has 0 radical (unpaired) electrons. The molecule has 0 aliphatic carbocycles. The number of carboxylic acids is 1. The van der Waals surface area contributed by atoms with E-state index in [0.717, 1.165) is 11.6 Å². The maximum absolute atomic E-state index is 10.4. The molecule has 4 nitrogen and oxygen atoms in total. The average molecular weight is 188 g/mol. The molecule has 0 fully saturated rings. The van der Waals surface area contributed by atoms with Crippen LogP contribution in [0.15, 0.2) is 11.1 Å². The summed E-state index contributed by atoms with van der Waals surface area (Å²) in [5, 5.41) is 10.5. The van der Waals surface area contributed by atoms with Gasteiger partial charge in [0.2, 0.25) is 0 Å². The smallest absolute Gasteiger partial charge is 0.320 e. The van der Waals surface area contributed by atoms with Gasteiger partial charge in [0.25, 0.3) is 0 Å². The van der Waals surface area contributed by atoms with E-state index >= 15 is 0 Å². The van der Waals surface area contributed by atoms with Crippen LogP contribution in [-0.4, -0.2) is 34.9 Å². The highest BCUT2D eigenvalue weighted by atomic mass is 32.2. The summed E-state index contributed by atoms with van der Waals surface area (Å²) in [6.07, 6.45) is 0.416. The van der Waals surface area contributed by atoms with Crippen molar-refractivity contribution in [1.82, 2.24) is 4.90 Å². The second kappa shape index (κ2) is 3.82. The molecular weight excluding hydrogens is 176 g/mol. The van der Waals surface area contributed by atoms with E-state index in [2.05, 4.69) is 0 Å². The fourth-order valence-corrected chi connectivity index (χ4v) is 1.87. The van der Waals surface area contributed by atoms with Gasteiger partial charge in [0.15, 0.2) is 0 Å². The summed E-state index contributed by atoms with van der Waals surface area (Å²) in [6, 6.07) is -0.780. The van der Waals surface area contributed by atoms with Crippen LogP contribution in [-0.2, 0) is 4.79 Å². The van der Waals surface area contributed by atoms with E-state index in [1.165, 1.54) is 0 Å². The Morgan fingerprint density at radius 1 is 2.00 bits per heavy atom. The molecule has 0 aromatic carbocycles. The normalized spacial score (nSPS) is 19.2. The molecule has 1 heterocycles. The van der Waals surface area contributed by atoms with E-state index in [0.29, 0.717) is 6.42 Å². The fourth-order valence-electron chi connectivity index (χ4n) is 0.935. The van der Waals surface area contributed by atoms with Crippen LogP contribution < -0.4 is 5.73 Å². The molecule has 0 unspecified atom stereocenters. The molecule has 1 rings (SSSR count). The van der Waals surface area contributed by atoms with E-state index in [1.807, 2.05) is 17.4 Å². The number of rotatable bonds is 3. The van der Waals surface area contributed by atoms with Gasteiger partial charge in [-0.1, -0.05) is 0 Å². The molecule has 1 aliphatic heterocycles. The van der Waals surface area contributed by atoms with E-state index in [9.17, 15) is 4.79 Å². The van der Waals surface area contributed by atoms with Gasteiger partial charge in [-0.3, -0.25) is 4.79 Å². The highest BCUT2D eigenvalue weighted by Gasteiger charge is 2.18. The summed E-state index contributed by atoms with van der Waals surface area (Å²) in [5.74, 6) is -0.0528. The van der Waals surface area contributed by atoms with Crippen LogP contribution >= 0.6 is 11.8 Å². The first kappa shape index (κ1) is 9.41. The molecule has 0 saturated heterocycles. The Bertz CT molecular complexity index is 217. The van der Waals surface area contributed by atoms with Crippen molar-refractivity contribution in [3.8, 4) is 0 Å². The largest absolute Gasteiger partial charge is 0.480 e. The molecular formula is C7H12N2O2S. The maximum Gasteiger partial charge on any atom is 0.320 e. The predicted octanol–water partition coefficient (Wildman–Crippen LogP) is 0.266. The Balaban J connectivity index is 2.45. The lowest BCUT2D eigenvalue weighted by Crippen LogP contribution is -2.32. The van der Waals surface area contributed by atoms with Gasteiger partial charge in [0, 0.05) is 19.2 Å². The number of carboxylic acid groups (broad SMARTS) is 1. The van der Waals surface area contributed by atoms with E-state index in [4.69, 9.17) is 10.8 Å². The molecule has 1 aliphatic rings. The summed E-state index contributed by atoms with van der Waals surface area (Å²) >= 11 is 1.66. The Hall–Kier alpha value is -0.680. The quantitative estimate of drug-likeness (QED) is 0.665. The molecule has 1 atom stereocenters. The van der Waals surface area contributed by atoms with Crippen molar-refractivity contribution in [3.05, 3.63) is 11.1 Å². The molecule has 0 aromatic rings. The fraction of sp³-hybridized carbons (Fsp3) is 0.571. The van der Waals surface area contributed by atoms with Crippen LogP contribution in [0.2, 0.25) is 0 Å². The average Bonchev–Trinajstić information content (AvgIpc) is 2.36. The molecule has 5 heteroatoms. The predicted molar refractivity (Wildman–Crippen MR) is 48.5 cm³/mol. The standard InChI is InChI=1S/C7H12N2O2S/c1-9-4-12-3-5(9)2-6(8)7(10)11/h3,6H,2,4,8H2,1H3,(H,10,11)/t6-/m0/s1. The van der Waals surface area contributed by atoms with Crippen LogP contribution in [0.4, 0.5) is 0 Å². The minimum absolute atomic E-state index is 0.416. The molecule has 68 valence electrons. The highest BCUT2D eigenvalue weighted by Crippen LogP contribution is 2.23. The zero-order chi connectivity index (χ0) is 9.14. The van der Waals surface area contributed by atoms with Crippen molar-refractivity contribution in [2.24, 2.45) is 5.73 Å². The van der Waals surface area contributed by atoms with E-state index in [-0.39, 0.29) is 0 Å².